The summed E-state index contributed by atoms with van der Waals surface area (Å²) >= 11 is 2.16. The highest BCUT2D eigenvalue weighted by molar-refractivity contribution is 14.1. The van der Waals surface area contributed by atoms with Crippen molar-refractivity contribution in [1.29, 1.82) is 5.26 Å². The quantitative estimate of drug-likeness (QED) is 0.271. The van der Waals surface area contributed by atoms with Crippen LogP contribution in [0.1, 0.15) is 33.3 Å². The Kier molecular flexibility index (Phi) is 8.99. The number of ether oxygens (including phenoxy) is 3. The molecule has 2 aromatic rings. The number of halogens is 1. The van der Waals surface area contributed by atoms with Crippen molar-refractivity contribution in [3.05, 3.63) is 51.1 Å². The smallest absolute Gasteiger partial charge is 0.266 e. The van der Waals surface area contributed by atoms with Crippen molar-refractivity contribution in [1.82, 2.24) is 0 Å². The number of hydrogen-bond donors (Lipinski definition) is 1. The number of nitriles is 1. The topological polar surface area (TPSA) is 80.6 Å². The molecule has 7 heteroatoms. The van der Waals surface area contributed by atoms with Gasteiger partial charge >= 0.3 is 0 Å². The Balaban J connectivity index is 2.27. The molecule has 6 nitrogen and oxygen atoms in total. The Hall–Kier alpha value is -2.73. The van der Waals surface area contributed by atoms with Crippen LogP contribution in [0.4, 0.5) is 5.69 Å². The van der Waals surface area contributed by atoms with Crippen LogP contribution in [0.5, 0.6) is 17.2 Å². The molecule has 0 saturated heterocycles. The fourth-order valence-electron chi connectivity index (χ4n) is 2.60. The van der Waals surface area contributed by atoms with Gasteiger partial charge in [-0.2, -0.15) is 5.26 Å². The third-order valence-corrected chi connectivity index (χ3v) is 4.59. The number of carbonyl (C=O) groups is 1. The van der Waals surface area contributed by atoms with Crippen molar-refractivity contribution >= 4 is 40.3 Å². The fraction of sp³-hybridized carbons (Fsp3) is 0.304. The third-order valence-electron chi connectivity index (χ3n) is 3.78. The lowest BCUT2D eigenvalue weighted by atomic mass is 10.1. The second-order valence-electron chi connectivity index (χ2n) is 6.51. The summed E-state index contributed by atoms with van der Waals surface area (Å²) in [5, 5.41) is 12.2. The summed E-state index contributed by atoms with van der Waals surface area (Å²) in [4.78, 5) is 12.6. The van der Waals surface area contributed by atoms with E-state index >= 15 is 0 Å². The molecule has 158 valence electrons. The minimum absolute atomic E-state index is 0.00586. The van der Waals surface area contributed by atoms with Crippen molar-refractivity contribution in [2.45, 2.75) is 33.8 Å². The maximum atomic E-state index is 12.6. The zero-order valence-electron chi connectivity index (χ0n) is 17.5. The number of nitrogens with one attached hydrogen (secondary N) is 1. The van der Waals surface area contributed by atoms with Crippen molar-refractivity contribution in [2.24, 2.45) is 0 Å². The van der Waals surface area contributed by atoms with E-state index in [2.05, 4.69) is 27.9 Å². The van der Waals surface area contributed by atoms with E-state index in [0.29, 0.717) is 41.7 Å². The summed E-state index contributed by atoms with van der Waals surface area (Å²) in [6.45, 7) is 8.72. The highest BCUT2D eigenvalue weighted by atomic mass is 127. The molecule has 0 aliphatic carbocycles. The van der Waals surface area contributed by atoms with Crippen molar-refractivity contribution in [3.63, 3.8) is 0 Å². The summed E-state index contributed by atoms with van der Waals surface area (Å²) in [6.07, 6.45) is 1.53. The summed E-state index contributed by atoms with van der Waals surface area (Å²) in [5.41, 5.74) is 1.24. The van der Waals surface area contributed by atoms with Crippen molar-refractivity contribution in [2.75, 3.05) is 18.5 Å². The molecule has 30 heavy (non-hydrogen) atoms. The third kappa shape index (κ3) is 6.66. The first kappa shape index (κ1) is 23.5. The molecule has 2 rings (SSSR count). The van der Waals surface area contributed by atoms with Gasteiger partial charge in [0.25, 0.3) is 5.91 Å². The first-order valence-corrected chi connectivity index (χ1v) is 10.7. The van der Waals surface area contributed by atoms with Gasteiger partial charge < -0.3 is 19.5 Å². The monoisotopic (exact) mass is 520 g/mol. The number of hydrogen-bond acceptors (Lipinski definition) is 5. The van der Waals surface area contributed by atoms with Gasteiger partial charge in [0.1, 0.15) is 17.4 Å². The zero-order chi connectivity index (χ0) is 22.1. The van der Waals surface area contributed by atoms with E-state index in [1.165, 1.54) is 6.08 Å². The average molecular weight is 520 g/mol. The highest BCUT2D eigenvalue weighted by Crippen LogP contribution is 2.35. The van der Waals surface area contributed by atoms with Crippen LogP contribution in [0.25, 0.3) is 6.08 Å². The lowest BCUT2D eigenvalue weighted by Crippen LogP contribution is -2.13. The van der Waals surface area contributed by atoms with Crippen molar-refractivity contribution < 1.29 is 19.0 Å². The predicted octanol–water partition coefficient (Wildman–Crippen LogP) is 5.42. The van der Waals surface area contributed by atoms with Crippen molar-refractivity contribution in [3.8, 4) is 23.3 Å². The standard InChI is InChI=1S/C23H25IN2O4/c1-5-28-19-9-7-18(8-10-19)26-23(27)17(14-25)11-16-12-20(24)22(30-15(3)4)21(13-16)29-6-2/h7-13,15H,5-6H2,1-4H3,(H,26,27)/b17-11+. The first-order chi connectivity index (χ1) is 14.4. The molecule has 1 N–H and O–H groups in total. The minimum atomic E-state index is -0.489. The molecular weight excluding hydrogens is 495 g/mol. The predicted molar refractivity (Wildman–Crippen MR) is 126 cm³/mol. The summed E-state index contributed by atoms with van der Waals surface area (Å²) in [6, 6.07) is 12.6. The van der Waals surface area contributed by atoms with E-state index in [1.54, 1.807) is 30.3 Å². The molecule has 2 aromatic carbocycles. The number of amides is 1. The molecule has 0 atom stereocenters. The number of rotatable bonds is 9. The van der Waals surface area contributed by atoms with Crippen LogP contribution in [0.2, 0.25) is 0 Å². The van der Waals surface area contributed by atoms with Gasteiger partial charge in [-0.05, 0) is 98.3 Å². The summed E-state index contributed by atoms with van der Waals surface area (Å²) in [7, 11) is 0. The fourth-order valence-corrected chi connectivity index (χ4v) is 3.35. The molecule has 0 spiro atoms. The van der Waals surface area contributed by atoms with Crippen LogP contribution in [0.3, 0.4) is 0 Å². The maximum absolute atomic E-state index is 12.6. The SMILES string of the molecule is CCOc1ccc(NC(=O)/C(C#N)=C/c2cc(I)c(OC(C)C)c(OCC)c2)cc1. The van der Waals surface area contributed by atoms with Crippen LogP contribution in [-0.2, 0) is 4.79 Å². The molecule has 0 unspecified atom stereocenters. The van der Waals surface area contributed by atoms with Crippen LogP contribution in [-0.4, -0.2) is 25.2 Å². The van der Waals surface area contributed by atoms with E-state index in [1.807, 2.05) is 39.8 Å². The van der Waals surface area contributed by atoms with Gasteiger partial charge in [0, 0.05) is 5.69 Å². The second kappa shape index (κ2) is 11.5. The first-order valence-electron chi connectivity index (χ1n) is 9.66. The number of carbonyl (C=O) groups excluding carboxylic acids is 1. The van der Waals surface area contributed by atoms with E-state index < -0.39 is 5.91 Å². The molecule has 0 bridgehead atoms. The highest BCUT2D eigenvalue weighted by Gasteiger charge is 2.15. The molecule has 1 amide bonds. The van der Waals surface area contributed by atoms with Crippen LogP contribution < -0.4 is 19.5 Å². The number of benzene rings is 2. The Morgan fingerprint density at radius 1 is 1.17 bits per heavy atom. The van der Waals surface area contributed by atoms with Gasteiger partial charge in [-0.3, -0.25) is 4.79 Å². The zero-order valence-corrected chi connectivity index (χ0v) is 19.6. The Labute approximate surface area is 191 Å². The molecule has 0 fully saturated rings. The Morgan fingerprint density at radius 2 is 1.83 bits per heavy atom. The van der Waals surface area contributed by atoms with Gasteiger partial charge in [-0.1, -0.05) is 0 Å². The van der Waals surface area contributed by atoms with E-state index in [-0.39, 0.29) is 11.7 Å². The molecular formula is C23H25IN2O4. The lowest BCUT2D eigenvalue weighted by Gasteiger charge is -2.17. The lowest BCUT2D eigenvalue weighted by molar-refractivity contribution is -0.112. The Bertz CT molecular complexity index is 947. The Morgan fingerprint density at radius 3 is 2.40 bits per heavy atom. The van der Waals surface area contributed by atoms with E-state index in [9.17, 15) is 10.1 Å². The van der Waals surface area contributed by atoms with E-state index in [4.69, 9.17) is 14.2 Å². The molecule has 0 aromatic heterocycles. The summed E-state index contributed by atoms with van der Waals surface area (Å²) in [5.74, 6) is 1.46. The number of anilines is 1. The van der Waals surface area contributed by atoms with Gasteiger partial charge in [-0.15, -0.1) is 0 Å². The van der Waals surface area contributed by atoms with Gasteiger partial charge in [0.2, 0.25) is 0 Å². The minimum Gasteiger partial charge on any atom is -0.494 e. The second-order valence-corrected chi connectivity index (χ2v) is 7.67. The van der Waals surface area contributed by atoms with Gasteiger partial charge in [-0.25, -0.2) is 0 Å². The van der Waals surface area contributed by atoms with Crippen LogP contribution in [0.15, 0.2) is 42.0 Å². The van der Waals surface area contributed by atoms with Gasteiger partial charge in [0.05, 0.1) is 22.9 Å². The maximum Gasteiger partial charge on any atom is 0.266 e. The number of nitrogens with zero attached hydrogens (tertiary/aromatic N) is 1. The molecule has 0 aliphatic rings. The normalized spacial score (nSPS) is 11.0. The van der Waals surface area contributed by atoms with Crippen LogP contribution >= 0.6 is 22.6 Å². The van der Waals surface area contributed by atoms with Crippen LogP contribution in [0, 0.1) is 14.9 Å². The van der Waals surface area contributed by atoms with E-state index in [0.717, 1.165) is 3.57 Å². The molecule has 0 heterocycles. The molecule has 0 aliphatic heterocycles. The molecule has 0 saturated carbocycles. The largest absolute Gasteiger partial charge is 0.494 e. The molecule has 0 radical (unpaired) electrons. The average Bonchev–Trinajstić information content (AvgIpc) is 2.70. The van der Waals surface area contributed by atoms with Gasteiger partial charge in [0.15, 0.2) is 11.5 Å². The summed E-state index contributed by atoms with van der Waals surface area (Å²) < 4.78 is 17.8.